The lowest BCUT2D eigenvalue weighted by Crippen LogP contribution is -2.52. The third-order valence-electron chi connectivity index (χ3n) is 10.1. The summed E-state index contributed by atoms with van der Waals surface area (Å²) in [7, 11) is 0. The van der Waals surface area contributed by atoms with Gasteiger partial charge in [-0.25, -0.2) is 0 Å². The molecule has 4 fully saturated rings. The van der Waals surface area contributed by atoms with Crippen molar-refractivity contribution in [1.29, 1.82) is 0 Å². The molecule has 4 rings (SSSR count). The summed E-state index contributed by atoms with van der Waals surface area (Å²) in [6.45, 7) is 10.3. The molecule has 4 aliphatic rings. The molecule has 0 aliphatic heterocycles. The van der Waals surface area contributed by atoms with E-state index < -0.39 is 0 Å². The third kappa shape index (κ3) is 3.02. The summed E-state index contributed by atoms with van der Waals surface area (Å²) < 4.78 is 0. The lowest BCUT2D eigenvalue weighted by Gasteiger charge is -2.60. The summed E-state index contributed by atoms with van der Waals surface area (Å²) in [6.07, 6.45) is 20.1. The molecule has 0 nitrogen and oxygen atoms in total. The van der Waals surface area contributed by atoms with Gasteiger partial charge in [-0.3, -0.25) is 0 Å². The number of hydrogen-bond acceptors (Lipinski definition) is 0. The minimum atomic E-state index is 0.704. The monoisotopic (exact) mass is 344 g/mol. The van der Waals surface area contributed by atoms with Crippen LogP contribution in [0.2, 0.25) is 0 Å². The van der Waals surface area contributed by atoms with Gasteiger partial charge < -0.3 is 0 Å². The molecule has 0 bridgehead atoms. The maximum Gasteiger partial charge on any atom is -0.0266 e. The van der Waals surface area contributed by atoms with Gasteiger partial charge in [-0.2, -0.15) is 0 Å². The third-order valence-corrected chi connectivity index (χ3v) is 10.1. The Balaban J connectivity index is 1.48. The molecule has 4 saturated carbocycles. The SMILES string of the molecule is CC(C)CCCC1CCC2C3CCC4CCCCC4(C)C3CCC12C. The molecule has 25 heavy (non-hydrogen) atoms. The van der Waals surface area contributed by atoms with Gasteiger partial charge in [0.25, 0.3) is 0 Å². The molecule has 0 radical (unpaired) electrons. The van der Waals surface area contributed by atoms with Crippen molar-refractivity contribution in [3.8, 4) is 0 Å². The highest BCUT2D eigenvalue weighted by molar-refractivity contribution is 5.08. The molecule has 0 heterocycles. The van der Waals surface area contributed by atoms with E-state index >= 15 is 0 Å². The van der Waals surface area contributed by atoms with Crippen molar-refractivity contribution in [2.24, 2.45) is 46.3 Å². The maximum absolute atomic E-state index is 2.73. The summed E-state index contributed by atoms with van der Waals surface area (Å²) in [4.78, 5) is 0. The summed E-state index contributed by atoms with van der Waals surface area (Å²) in [6, 6.07) is 0. The molecule has 0 aromatic heterocycles. The second-order valence-corrected chi connectivity index (χ2v) is 11.5. The molecule has 0 heteroatoms. The van der Waals surface area contributed by atoms with E-state index in [9.17, 15) is 0 Å². The molecule has 144 valence electrons. The summed E-state index contributed by atoms with van der Waals surface area (Å²) in [5, 5.41) is 0. The van der Waals surface area contributed by atoms with Crippen molar-refractivity contribution in [1.82, 2.24) is 0 Å². The van der Waals surface area contributed by atoms with E-state index in [0.29, 0.717) is 5.41 Å². The van der Waals surface area contributed by atoms with Gasteiger partial charge in [-0.1, -0.05) is 53.4 Å². The maximum atomic E-state index is 2.73. The minimum Gasteiger partial charge on any atom is -0.0628 e. The van der Waals surface area contributed by atoms with Crippen LogP contribution < -0.4 is 0 Å². The number of rotatable bonds is 4. The lowest BCUT2D eigenvalue weighted by molar-refractivity contribution is -0.111. The van der Waals surface area contributed by atoms with Crippen molar-refractivity contribution in [2.45, 2.75) is 111 Å². The van der Waals surface area contributed by atoms with Gasteiger partial charge in [0.2, 0.25) is 0 Å². The van der Waals surface area contributed by atoms with Crippen molar-refractivity contribution >= 4 is 0 Å². The van der Waals surface area contributed by atoms with Gasteiger partial charge in [0.1, 0.15) is 0 Å². The van der Waals surface area contributed by atoms with E-state index in [-0.39, 0.29) is 0 Å². The first-order valence-corrected chi connectivity index (χ1v) is 11.9. The average molecular weight is 345 g/mol. The normalized spacial score (nSPS) is 49.6. The quantitative estimate of drug-likeness (QED) is 0.487. The predicted molar refractivity (Wildman–Crippen MR) is 109 cm³/mol. The van der Waals surface area contributed by atoms with Crippen LogP contribution in [0, 0.1) is 46.3 Å². The van der Waals surface area contributed by atoms with Gasteiger partial charge in [-0.05, 0) is 104 Å². The Hall–Kier alpha value is 0. The molecule has 0 amide bonds. The molecule has 7 atom stereocenters. The van der Waals surface area contributed by atoms with Crippen LogP contribution in [0.1, 0.15) is 111 Å². The van der Waals surface area contributed by atoms with Gasteiger partial charge in [0, 0.05) is 0 Å². The summed E-state index contributed by atoms with van der Waals surface area (Å²) >= 11 is 0. The molecule has 0 aromatic carbocycles. The average Bonchev–Trinajstić information content (AvgIpc) is 2.91. The molecular weight excluding hydrogens is 300 g/mol. The summed E-state index contributed by atoms with van der Waals surface area (Å²) in [5.74, 6) is 6.27. The first kappa shape index (κ1) is 18.4. The van der Waals surface area contributed by atoms with E-state index in [1.807, 2.05) is 0 Å². The fourth-order valence-corrected chi connectivity index (χ4v) is 8.65. The Morgan fingerprint density at radius 3 is 2.40 bits per heavy atom. The second-order valence-electron chi connectivity index (χ2n) is 11.5. The van der Waals surface area contributed by atoms with E-state index in [1.54, 1.807) is 51.4 Å². The number of hydrogen-bond donors (Lipinski definition) is 0. The lowest BCUT2D eigenvalue weighted by atomic mass is 9.45. The van der Waals surface area contributed by atoms with Gasteiger partial charge in [0.05, 0.1) is 0 Å². The zero-order chi connectivity index (χ0) is 17.7. The molecule has 0 saturated heterocycles. The van der Waals surface area contributed by atoms with Gasteiger partial charge >= 0.3 is 0 Å². The number of fused-ring (bicyclic) bond motifs is 5. The molecule has 7 unspecified atom stereocenters. The Labute approximate surface area is 157 Å². The van der Waals surface area contributed by atoms with Crippen LogP contribution in [0.5, 0.6) is 0 Å². The molecular formula is C25H44. The molecule has 0 spiro atoms. The standard InChI is InChI=1S/C25H44/c1-18(2)8-7-10-20-12-14-22-21-13-11-19-9-5-6-16-24(19,3)23(21)15-17-25(20,22)4/h18-23H,5-17H2,1-4H3. The van der Waals surface area contributed by atoms with Crippen LogP contribution in [-0.4, -0.2) is 0 Å². The van der Waals surface area contributed by atoms with Gasteiger partial charge in [0.15, 0.2) is 0 Å². The fraction of sp³-hybridized carbons (Fsp3) is 1.00. The van der Waals surface area contributed by atoms with Crippen LogP contribution >= 0.6 is 0 Å². The smallest absolute Gasteiger partial charge is 0.0266 e. The van der Waals surface area contributed by atoms with Crippen molar-refractivity contribution < 1.29 is 0 Å². The Morgan fingerprint density at radius 2 is 1.60 bits per heavy atom. The Morgan fingerprint density at radius 1 is 0.800 bits per heavy atom. The van der Waals surface area contributed by atoms with Gasteiger partial charge in [-0.15, -0.1) is 0 Å². The largest absolute Gasteiger partial charge is 0.0628 e. The van der Waals surface area contributed by atoms with Crippen LogP contribution in [0.3, 0.4) is 0 Å². The highest BCUT2D eigenvalue weighted by Gasteiger charge is 2.59. The van der Waals surface area contributed by atoms with Crippen LogP contribution in [0.4, 0.5) is 0 Å². The highest BCUT2D eigenvalue weighted by atomic mass is 14.6. The van der Waals surface area contributed by atoms with Crippen molar-refractivity contribution in [3.63, 3.8) is 0 Å². The molecule has 0 N–H and O–H groups in total. The second kappa shape index (κ2) is 6.87. The van der Waals surface area contributed by atoms with E-state index in [0.717, 1.165) is 40.9 Å². The van der Waals surface area contributed by atoms with E-state index in [2.05, 4.69) is 27.7 Å². The Bertz CT molecular complexity index is 465. The predicted octanol–water partition coefficient (Wildman–Crippen LogP) is 7.86. The first-order chi connectivity index (χ1) is 11.9. The zero-order valence-electron chi connectivity index (χ0n) is 17.7. The van der Waals surface area contributed by atoms with Crippen molar-refractivity contribution in [2.75, 3.05) is 0 Å². The molecule has 4 aliphatic carbocycles. The van der Waals surface area contributed by atoms with E-state index in [1.165, 1.54) is 32.1 Å². The first-order valence-electron chi connectivity index (χ1n) is 11.9. The van der Waals surface area contributed by atoms with E-state index in [4.69, 9.17) is 0 Å². The van der Waals surface area contributed by atoms with Crippen LogP contribution in [0.25, 0.3) is 0 Å². The molecule has 0 aromatic rings. The topological polar surface area (TPSA) is 0 Å². The van der Waals surface area contributed by atoms with Crippen molar-refractivity contribution in [3.05, 3.63) is 0 Å². The highest BCUT2D eigenvalue weighted by Crippen LogP contribution is 2.67. The minimum absolute atomic E-state index is 0.704. The fourth-order valence-electron chi connectivity index (χ4n) is 8.65. The van der Waals surface area contributed by atoms with Crippen LogP contribution in [0.15, 0.2) is 0 Å². The van der Waals surface area contributed by atoms with Crippen LogP contribution in [-0.2, 0) is 0 Å². The Kier molecular flexibility index (Phi) is 5.04. The summed E-state index contributed by atoms with van der Waals surface area (Å²) in [5.41, 5.74) is 1.42. The zero-order valence-corrected chi connectivity index (χ0v) is 17.7.